The van der Waals surface area contributed by atoms with Gasteiger partial charge in [-0.25, -0.2) is 14.2 Å². The standard InChI is InChI=1S/C33H34F2N6O4/c1-22(2)16-25-4-3-5-26(32(25)43)18-36-38-30(42)19-40-12-14-41(15-13-40)20-31-37-33(39-45-31)24-8-6-23(7-9-24)21-44-27-10-11-28(34)29(35)17-27/h3-11,17-18,43H,1,12-16,19-21H2,2H3,(H,38,42)/b36-18+. The number of rotatable bonds is 12. The van der Waals surface area contributed by atoms with E-state index in [1.54, 1.807) is 6.07 Å². The number of halogens is 2. The van der Waals surface area contributed by atoms with Crippen LogP contribution in [-0.2, 0) is 24.4 Å². The third-order valence-electron chi connectivity index (χ3n) is 7.20. The number of aromatic hydroxyl groups is 1. The third-order valence-corrected chi connectivity index (χ3v) is 7.20. The first-order valence-corrected chi connectivity index (χ1v) is 14.4. The fourth-order valence-electron chi connectivity index (χ4n) is 4.81. The molecule has 12 heteroatoms. The Kier molecular flexibility index (Phi) is 10.3. The van der Waals surface area contributed by atoms with Crippen molar-refractivity contribution >= 4 is 12.1 Å². The molecule has 0 atom stereocenters. The minimum absolute atomic E-state index is 0.130. The van der Waals surface area contributed by atoms with Crippen molar-refractivity contribution in [3.05, 3.63) is 107 Å². The van der Waals surface area contributed by atoms with Crippen LogP contribution < -0.4 is 10.2 Å². The number of aromatic nitrogens is 2. The van der Waals surface area contributed by atoms with Gasteiger partial charge in [-0.3, -0.25) is 14.6 Å². The number of nitrogens with zero attached hydrogens (tertiary/aromatic N) is 5. The van der Waals surface area contributed by atoms with E-state index in [4.69, 9.17) is 9.26 Å². The number of nitrogens with one attached hydrogen (secondary N) is 1. The highest BCUT2D eigenvalue weighted by molar-refractivity contribution is 5.86. The molecule has 2 N–H and O–H groups in total. The number of carbonyl (C=O) groups is 1. The summed E-state index contributed by atoms with van der Waals surface area (Å²) in [5.41, 5.74) is 6.37. The highest BCUT2D eigenvalue weighted by Gasteiger charge is 2.21. The van der Waals surface area contributed by atoms with Gasteiger partial charge in [-0.1, -0.05) is 53.7 Å². The van der Waals surface area contributed by atoms with Crippen LogP contribution in [0.1, 0.15) is 29.5 Å². The van der Waals surface area contributed by atoms with Gasteiger partial charge < -0.3 is 14.4 Å². The van der Waals surface area contributed by atoms with Crippen molar-refractivity contribution in [1.29, 1.82) is 0 Å². The van der Waals surface area contributed by atoms with Crippen molar-refractivity contribution in [2.24, 2.45) is 5.10 Å². The molecule has 0 radical (unpaired) electrons. The van der Waals surface area contributed by atoms with Crippen LogP contribution in [0, 0.1) is 11.6 Å². The lowest BCUT2D eigenvalue weighted by molar-refractivity contribution is -0.122. The monoisotopic (exact) mass is 616 g/mol. The first kappa shape index (κ1) is 31.5. The maximum atomic E-state index is 13.4. The van der Waals surface area contributed by atoms with E-state index < -0.39 is 11.6 Å². The van der Waals surface area contributed by atoms with E-state index in [2.05, 4.69) is 32.1 Å². The highest BCUT2D eigenvalue weighted by atomic mass is 19.2. The number of amides is 1. The molecule has 0 unspecified atom stereocenters. The highest BCUT2D eigenvalue weighted by Crippen LogP contribution is 2.23. The average molecular weight is 617 g/mol. The Morgan fingerprint density at radius 3 is 2.58 bits per heavy atom. The Hall–Kier alpha value is -4.94. The summed E-state index contributed by atoms with van der Waals surface area (Å²) in [6, 6.07) is 16.2. The smallest absolute Gasteiger partial charge is 0.254 e. The van der Waals surface area contributed by atoms with Crippen LogP contribution in [0.2, 0.25) is 0 Å². The SMILES string of the molecule is C=C(C)Cc1cccc(/C=N/NC(=O)CN2CCN(Cc3nc(-c4ccc(COc5ccc(F)c(F)c5)cc4)no3)CC2)c1O. The molecule has 1 amide bonds. The number of para-hydroxylation sites is 1. The summed E-state index contributed by atoms with van der Waals surface area (Å²) >= 11 is 0. The van der Waals surface area contributed by atoms with E-state index in [1.807, 2.05) is 48.2 Å². The molecule has 0 spiro atoms. The number of hydrazone groups is 1. The molecular weight excluding hydrogens is 582 g/mol. The fraction of sp³-hybridized carbons (Fsp3) is 0.273. The zero-order valence-electron chi connectivity index (χ0n) is 24.9. The third kappa shape index (κ3) is 8.80. The number of phenols is 1. The Balaban J connectivity index is 1.04. The molecular formula is C33H34F2N6O4. The van der Waals surface area contributed by atoms with E-state index >= 15 is 0 Å². The fourth-order valence-corrected chi connectivity index (χ4v) is 4.81. The lowest BCUT2D eigenvalue weighted by Gasteiger charge is -2.33. The van der Waals surface area contributed by atoms with Crippen molar-refractivity contribution in [2.45, 2.75) is 26.5 Å². The van der Waals surface area contributed by atoms with Gasteiger partial charge in [-0.05, 0) is 42.7 Å². The summed E-state index contributed by atoms with van der Waals surface area (Å²) in [4.78, 5) is 21.2. The second kappa shape index (κ2) is 14.7. The molecule has 234 valence electrons. The lowest BCUT2D eigenvalue weighted by atomic mass is 10.0. The summed E-state index contributed by atoms with van der Waals surface area (Å²) in [5, 5.41) is 18.6. The summed E-state index contributed by atoms with van der Waals surface area (Å²) in [7, 11) is 0. The Morgan fingerprint density at radius 1 is 1.09 bits per heavy atom. The molecule has 0 bridgehead atoms. The van der Waals surface area contributed by atoms with Gasteiger partial charge in [0.05, 0.1) is 19.3 Å². The van der Waals surface area contributed by atoms with Crippen molar-refractivity contribution in [3.8, 4) is 22.9 Å². The van der Waals surface area contributed by atoms with Crippen molar-refractivity contribution in [2.75, 3.05) is 32.7 Å². The van der Waals surface area contributed by atoms with Gasteiger partial charge in [0.1, 0.15) is 18.1 Å². The molecule has 1 fully saturated rings. The van der Waals surface area contributed by atoms with Gasteiger partial charge in [0.15, 0.2) is 11.6 Å². The van der Waals surface area contributed by atoms with Crippen molar-refractivity contribution in [3.63, 3.8) is 0 Å². The van der Waals surface area contributed by atoms with E-state index in [9.17, 15) is 18.7 Å². The molecule has 5 rings (SSSR count). The number of piperazine rings is 1. The van der Waals surface area contributed by atoms with Gasteiger partial charge in [0.25, 0.3) is 5.91 Å². The molecule has 1 aliphatic heterocycles. The molecule has 10 nitrogen and oxygen atoms in total. The molecule has 45 heavy (non-hydrogen) atoms. The normalized spacial score (nSPS) is 14.1. The molecule has 2 heterocycles. The molecule has 1 saturated heterocycles. The molecule has 3 aromatic carbocycles. The molecule has 1 aliphatic rings. The Labute approximate surface area is 259 Å². The van der Waals surface area contributed by atoms with Crippen molar-refractivity contribution < 1.29 is 27.9 Å². The number of benzene rings is 3. The molecule has 1 aromatic heterocycles. The number of carbonyl (C=O) groups excluding carboxylic acids is 1. The number of phenolic OH excluding ortho intramolecular Hbond substituents is 1. The van der Waals surface area contributed by atoms with Crippen LogP contribution in [0.25, 0.3) is 11.4 Å². The minimum atomic E-state index is -0.956. The second-order valence-electron chi connectivity index (χ2n) is 10.9. The van der Waals surface area contributed by atoms with Crippen LogP contribution in [0.15, 0.2) is 82.4 Å². The minimum Gasteiger partial charge on any atom is -0.507 e. The predicted molar refractivity (Wildman–Crippen MR) is 165 cm³/mol. The van der Waals surface area contributed by atoms with E-state index in [-0.39, 0.29) is 30.6 Å². The topological polar surface area (TPSA) is 116 Å². The van der Waals surface area contributed by atoms with Gasteiger partial charge in [0.2, 0.25) is 11.7 Å². The van der Waals surface area contributed by atoms with E-state index in [0.29, 0.717) is 43.3 Å². The van der Waals surface area contributed by atoms with Crippen LogP contribution in [0.5, 0.6) is 11.5 Å². The quantitative estimate of drug-likeness (QED) is 0.134. The summed E-state index contributed by atoms with van der Waals surface area (Å²) < 4.78 is 37.5. The summed E-state index contributed by atoms with van der Waals surface area (Å²) in [6.07, 6.45) is 2.00. The van der Waals surface area contributed by atoms with Crippen LogP contribution >= 0.6 is 0 Å². The number of allylic oxidation sites excluding steroid dienone is 1. The number of hydrogen-bond acceptors (Lipinski definition) is 9. The molecule has 4 aromatic rings. The second-order valence-corrected chi connectivity index (χ2v) is 10.9. The first-order valence-electron chi connectivity index (χ1n) is 14.4. The van der Waals surface area contributed by atoms with Gasteiger partial charge in [-0.15, -0.1) is 0 Å². The Morgan fingerprint density at radius 2 is 1.84 bits per heavy atom. The first-order chi connectivity index (χ1) is 21.7. The summed E-state index contributed by atoms with van der Waals surface area (Å²) in [6.45, 7) is 9.50. The molecule has 0 aliphatic carbocycles. The zero-order chi connectivity index (χ0) is 31.8. The Bertz CT molecular complexity index is 1670. The largest absolute Gasteiger partial charge is 0.507 e. The summed E-state index contributed by atoms with van der Waals surface area (Å²) in [5.74, 6) is -0.783. The zero-order valence-corrected chi connectivity index (χ0v) is 24.9. The van der Waals surface area contributed by atoms with Crippen molar-refractivity contribution in [1.82, 2.24) is 25.4 Å². The van der Waals surface area contributed by atoms with Gasteiger partial charge >= 0.3 is 0 Å². The van der Waals surface area contributed by atoms with Crippen LogP contribution in [0.3, 0.4) is 0 Å². The van der Waals surface area contributed by atoms with E-state index in [0.717, 1.165) is 47.5 Å². The van der Waals surface area contributed by atoms with E-state index in [1.165, 1.54) is 12.3 Å². The van der Waals surface area contributed by atoms with Gasteiger partial charge in [-0.2, -0.15) is 10.1 Å². The number of hydrogen-bond donors (Lipinski definition) is 2. The number of ether oxygens (including phenoxy) is 1. The predicted octanol–water partition coefficient (Wildman–Crippen LogP) is 4.69. The average Bonchev–Trinajstić information content (AvgIpc) is 3.49. The van der Waals surface area contributed by atoms with Crippen LogP contribution in [0.4, 0.5) is 8.78 Å². The van der Waals surface area contributed by atoms with Gasteiger partial charge in [0, 0.05) is 43.4 Å². The lowest BCUT2D eigenvalue weighted by Crippen LogP contribution is -2.48. The van der Waals surface area contributed by atoms with Crippen LogP contribution in [-0.4, -0.2) is 69.9 Å². The maximum absolute atomic E-state index is 13.4. The molecule has 0 saturated carbocycles. The maximum Gasteiger partial charge on any atom is 0.254 e.